The van der Waals surface area contributed by atoms with Gasteiger partial charge in [-0.1, -0.05) is 39.7 Å². The summed E-state index contributed by atoms with van der Waals surface area (Å²) in [5.41, 5.74) is 1.25. The Bertz CT molecular complexity index is 983. The minimum atomic E-state index is -0.694. The first-order valence-electron chi connectivity index (χ1n) is 9.37. The summed E-state index contributed by atoms with van der Waals surface area (Å²) < 4.78 is 6.52. The number of amides is 1. The van der Waals surface area contributed by atoms with E-state index in [4.69, 9.17) is 16.3 Å². The van der Waals surface area contributed by atoms with E-state index in [1.54, 1.807) is 24.3 Å². The number of carbonyl (C=O) groups is 2. The van der Waals surface area contributed by atoms with Crippen molar-refractivity contribution in [2.75, 3.05) is 13.2 Å². The Balaban J connectivity index is 1.83. The van der Waals surface area contributed by atoms with Crippen LogP contribution >= 0.6 is 27.5 Å². The molecule has 0 radical (unpaired) electrons. The molecule has 2 aliphatic heterocycles. The molecule has 4 rings (SSSR count). The summed E-state index contributed by atoms with van der Waals surface area (Å²) in [6.45, 7) is 0.958. The van der Waals surface area contributed by atoms with Crippen LogP contribution in [0.5, 0.6) is 0 Å². The van der Waals surface area contributed by atoms with Crippen molar-refractivity contribution in [3.8, 4) is 0 Å². The summed E-state index contributed by atoms with van der Waals surface area (Å²) in [6.07, 6.45) is 1.66. The fraction of sp³-hybridized carbons (Fsp3) is 0.273. The van der Waals surface area contributed by atoms with Gasteiger partial charge in [-0.2, -0.15) is 0 Å². The zero-order chi connectivity index (χ0) is 20.5. The largest absolute Gasteiger partial charge is 0.507 e. The summed E-state index contributed by atoms with van der Waals surface area (Å²) in [6, 6.07) is 13.2. The van der Waals surface area contributed by atoms with Gasteiger partial charge >= 0.3 is 0 Å². The lowest BCUT2D eigenvalue weighted by atomic mass is 9.95. The van der Waals surface area contributed by atoms with Crippen LogP contribution in [0.4, 0.5) is 0 Å². The predicted molar refractivity (Wildman–Crippen MR) is 114 cm³/mol. The van der Waals surface area contributed by atoms with Crippen LogP contribution in [-0.2, 0) is 14.3 Å². The second kappa shape index (κ2) is 8.30. The topological polar surface area (TPSA) is 66.8 Å². The van der Waals surface area contributed by atoms with E-state index in [1.807, 2.05) is 24.3 Å². The maximum absolute atomic E-state index is 13.0. The van der Waals surface area contributed by atoms with Crippen LogP contribution in [0.15, 0.2) is 58.6 Å². The molecule has 0 bridgehead atoms. The van der Waals surface area contributed by atoms with Gasteiger partial charge in [-0.05, 0) is 54.8 Å². The third-order valence-corrected chi connectivity index (χ3v) is 5.99. The number of likely N-dealkylation sites (tertiary alicyclic amines) is 1. The highest BCUT2D eigenvalue weighted by molar-refractivity contribution is 9.10. The van der Waals surface area contributed by atoms with E-state index in [0.29, 0.717) is 23.7 Å². The van der Waals surface area contributed by atoms with E-state index >= 15 is 0 Å². The Morgan fingerprint density at radius 3 is 2.62 bits per heavy atom. The molecule has 2 unspecified atom stereocenters. The Morgan fingerprint density at radius 1 is 1.21 bits per heavy atom. The van der Waals surface area contributed by atoms with Gasteiger partial charge in [-0.15, -0.1) is 0 Å². The highest BCUT2D eigenvalue weighted by Gasteiger charge is 2.47. The molecule has 7 heteroatoms. The molecule has 29 heavy (non-hydrogen) atoms. The van der Waals surface area contributed by atoms with Crippen LogP contribution in [-0.4, -0.2) is 41.0 Å². The smallest absolute Gasteiger partial charge is 0.295 e. The Kier molecular flexibility index (Phi) is 5.76. The van der Waals surface area contributed by atoms with Crippen molar-refractivity contribution in [1.82, 2.24) is 4.90 Å². The second-order valence-corrected chi connectivity index (χ2v) is 8.50. The highest BCUT2D eigenvalue weighted by Crippen LogP contribution is 2.40. The van der Waals surface area contributed by atoms with Gasteiger partial charge in [-0.25, -0.2) is 0 Å². The molecule has 2 aromatic carbocycles. The Labute approximate surface area is 182 Å². The quantitative estimate of drug-likeness (QED) is 0.394. The SMILES string of the molecule is O=C1C(=O)N(CC2CCCO2)C(c2cccc(Br)c2)C1=C(O)c1ccc(Cl)cc1. The Hall–Kier alpha value is -2.15. The minimum Gasteiger partial charge on any atom is -0.507 e. The second-order valence-electron chi connectivity index (χ2n) is 7.15. The van der Waals surface area contributed by atoms with Crippen LogP contribution < -0.4 is 0 Å². The molecule has 0 aromatic heterocycles. The van der Waals surface area contributed by atoms with Gasteiger partial charge in [0, 0.05) is 28.2 Å². The van der Waals surface area contributed by atoms with Gasteiger partial charge in [0.1, 0.15) is 5.76 Å². The van der Waals surface area contributed by atoms with E-state index < -0.39 is 17.7 Å². The average Bonchev–Trinajstić information content (AvgIpc) is 3.30. The van der Waals surface area contributed by atoms with Crippen molar-refractivity contribution in [2.24, 2.45) is 0 Å². The van der Waals surface area contributed by atoms with Crippen molar-refractivity contribution in [1.29, 1.82) is 0 Å². The third kappa shape index (κ3) is 3.97. The molecule has 1 N–H and O–H groups in total. The van der Waals surface area contributed by atoms with Gasteiger partial charge in [-0.3, -0.25) is 9.59 Å². The summed E-state index contributed by atoms with van der Waals surface area (Å²) in [5, 5.41) is 11.5. The predicted octanol–water partition coefficient (Wildman–Crippen LogP) is 4.70. The van der Waals surface area contributed by atoms with Crippen molar-refractivity contribution < 1.29 is 19.4 Å². The number of aliphatic hydroxyl groups excluding tert-OH is 1. The van der Waals surface area contributed by atoms with E-state index in [1.165, 1.54) is 4.90 Å². The van der Waals surface area contributed by atoms with E-state index in [9.17, 15) is 14.7 Å². The van der Waals surface area contributed by atoms with Gasteiger partial charge in [0.05, 0.1) is 17.7 Å². The number of hydrogen-bond donors (Lipinski definition) is 1. The fourth-order valence-corrected chi connectivity index (χ4v) is 4.41. The van der Waals surface area contributed by atoms with Crippen LogP contribution in [0, 0.1) is 0 Å². The number of rotatable bonds is 4. The van der Waals surface area contributed by atoms with Crippen LogP contribution in [0.2, 0.25) is 5.02 Å². The maximum atomic E-state index is 13.0. The van der Waals surface area contributed by atoms with Crippen molar-refractivity contribution >= 4 is 45.0 Å². The van der Waals surface area contributed by atoms with Crippen molar-refractivity contribution in [3.63, 3.8) is 0 Å². The fourth-order valence-electron chi connectivity index (χ4n) is 3.86. The van der Waals surface area contributed by atoms with Crippen LogP contribution in [0.1, 0.15) is 30.0 Å². The third-order valence-electron chi connectivity index (χ3n) is 5.25. The first-order chi connectivity index (χ1) is 14.0. The molecule has 2 aromatic rings. The zero-order valence-corrected chi connectivity index (χ0v) is 17.8. The summed E-state index contributed by atoms with van der Waals surface area (Å²) in [4.78, 5) is 27.4. The highest BCUT2D eigenvalue weighted by atomic mass is 79.9. The first-order valence-corrected chi connectivity index (χ1v) is 10.5. The van der Waals surface area contributed by atoms with E-state index in [-0.39, 0.29) is 17.4 Å². The van der Waals surface area contributed by atoms with Gasteiger partial charge in [0.15, 0.2) is 0 Å². The molecule has 2 heterocycles. The van der Waals surface area contributed by atoms with Crippen LogP contribution in [0.25, 0.3) is 5.76 Å². The number of nitrogens with zero attached hydrogens (tertiary/aromatic N) is 1. The molecule has 2 atom stereocenters. The summed E-state index contributed by atoms with van der Waals surface area (Å²) in [7, 11) is 0. The van der Waals surface area contributed by atoms with E-state index in [0.717, 1.165) is 22.9 Å². The molecule has 150 valence electrons. The van der Waals surface area contributed by atoms with Gasteiger partial charge in [0.25, 0.3) is 11.7 Å². The summed E-state index contributed by atoms with van der Waals surface area (Å²) in [5.74, 6) is -1.53. The van der Waals surface area contributed by atoms with Crippen molar-refractivity contribution in [2.45, 2.75) is 25.0 Å². The molecule has 0 saturated carbocycles. The number of ether oxygens (including phenoxy) is 1. The number of benzene rings is 2. The molecule has 2 fully saturated rings. The number of carbonyl (C=O) groups excluding carboxylic acids is 2. The molecule has 0 aliphatic carbocycles. The van der Waals surface area contributed by atoms with E-state index in [2.05, 4.69) is 15.9 Å². The lowest BCUT2D eigenvalue weighted by molar-refractivity contribution is -0.140. The lowest BCUT2D eigenvalue weighted by Crippen LogP contribution is -2.36. The molecular formula is C22H19BrClNO4. The van der Waals surface area contributed by atoms with Gasteiger partial charge < -0.3 is 14.7 Å². The molecule has 2 saturated heterocycles. The van der Waals surface area contributed by atoms with Crippen molar-refractivity contribution in [3.05, 3.63) is 74.7 Å². The van der Waals surface area contributed by atoms with Crippen LogP contribution in [0.3, 0.4) is 0 Å². The molecule has 1 amide bonds. The molecular weight excluding hydrogens is 458 g/mol. The monoisotopic (exact) mass is 475 g/mol. The Morgan fingerprint density at radius 2 is 1.97 bits per heavy atom. The average molecular weight is 477 g/mol. The number of aliphatic hydroxyl groups is 1. The molecule has 5 nitrogen and oxygen atoms in total. The number of hydrogen-bond acceptors (Lipinski definition) is 4. The standard InChI is InChI=1S/C22H19BrClNO4/c23-15-4-1-3-14(11-15)19-18(20(26)13-6-8-16(24)9-7-13)21(27)22(28)25(19)12-17-5-2-10-29-17/h1,3-4,6-9,11,17,19,26H,2,5,10,12H2. The number of ketones is 1. The first kappa shape index (κ1) is 20.1. The number of Topliss-reactive ketones (excluding diaryl/α,β-unsaturated/α-hetero) is 1. The molecule has 0 spiro atoms. The zero-order valence-electron chi connectivity index (χ0n) is 15.5. The lowest BCUT2D eigenvalue weighted by Gasteiger charge is -2.27. The molecule has 2 aliphatic rings. The number of halogens is 2. The normalized spacial score (nSPS) is 23.7. The summed E-state index contributed by atoms with van der Waals surface area (Å²) >= 11 is 9.39. The maximum Gasteiger partial charge on any atom is 0.295 e. The minimum absolute atomic E-state index is 0.0772. The van der Waals surface area contributed by atoms with Gasteiger partial charge in [0.2, 0.25) is 0 Å².